The van der Waals surface area contributed by atoms with Gasteiger partial charge in [0.15, 0.2) is 0 Å². The minimum Gasteiger partial charge on any atom is -0.382 e. The van der Waals surface area contributed by atoms with Crippen LogP contribution in [-0.4, -0.2) is 37.4 Å². The van der Waals surface area contributed by atoms with E-state index in [9.17, 15) is 0 Å². The van der Waals surface area contributed by atoms with E-state index in [4.69, 9.17) is 10.5 Å². The van der Waals surface area contributed by atoms with Gasteiger partial charge in [-0.3, -0.25) is 0 Å². The first kappa shape index (κ1) is 17.2. The topological polar surface area (TPSA) is 50.5 Å². The number of hydrogen-bond acceptors (Lipinski definition) is 4. The average molecular weight is 344 g/mol. The van der Waals surface area contributed by atoms with Crippen LogP contribution in [0.15, 0.2) is 18.2 Å². The highest BCUT2D eigenvalue weighted by molar-refractivity contribution is 5.61. The fourth-order valence-electron chi connectivity index (χ4n) is 5.29. The number of ether oxygens (including phenoxy) is 1. The molecule has 1 aromatic carbocycles. The zero-order chi connectivity index (χ0) is 17.6. The van der Waals surface area contributed by atoms with Gasteiger partial charge in [-0.15, -0.1) is 0 Å². The molecule has 0 bridgehead atoms. The van der Waals surface area contributed by atoms with Crippen LogP contribution in [0.1, 0.15) is 52.0 Å². The highest BCUT2D eigenvalue weighted by atomic mass is 16.5. The first-order valence-electron chi connectivity index (χ1n) is 10.0. The van der Waals surface area contributed by atoms with Gasteiger partial charge in [-0.1, -0.05) is 6.92 Å². The molecule has 4 heteroatoms. The lowest BCUT2D eigenvalue weighted by atomic mass is 9.52. The van der Waals surface area contributed by atoms with Crippen LogP contribution in [0, 0.1) is 5.41 Å². The molecule has 1 aromatic rings. The van der Waals surface area contributed by atoms with Gasteiger partial charge in [0.05, 0.1) is 12.2 Å². The summed E-state index contributed by atoms with van der Waals surface area (Å²) < 4.78 is 5.87. The number of nitrogens with zero attached hydrogens (tertiary/aromatic N) is 1. The van der Waals surface area contributed by atoms with E-state index in [0.29, 0.717) is 29.7 Å². The Morgan fingerprint density at radius 3 is 2.44 bits per heavy atom. The van der Waals surface area contributed by atoms with E-state index in [-0.39, 0.29) is 0 Å². The molecule has 0 aromatic heterocycles. The van der Waals surface area contributed by atoms with E-state index in [2.05, 4.69) is 49.2 Å². The van der Waals surface area contributed by atoms with E-state index < -0.39 is 0 Å². The number of aryl methyl sites for hydroxylation is 1. The average Bonchev–Trinajstić information content (AvgIpc) is 2.50. The summed E-state index contributed by atoms with van der Waals surface area (Å²) in [5, 5.41) is 3.80. The highest BCUT2D eigenvalue weighted by Crippen LogP contribution is 2.56. The molecule has 1 aliphatic heterocycles. The van der Waals surface area contributed by atoms with Crippen LogP contribution in [-0.2, 0) is 11.2 Å². The van der Waals surface area contributed by atoms with Crippen molar-refractivity contribution in [3.63, 3.8) is 0 Å². The molecule has 4 nitrogen and oxygen atoms in total. The summed E-state index contributed by atoms with van der Waals surface area (Å²) in [6.45, 7) is 8.54. The molecule has 2 aliphatic carbocycles. The molecule has 138 valence electrons. The van der Waals surface area contributed by atoms with Crippen molar-refractivity contribution in [3.8, 4) is 0 Å². The molecule has 25 heavy (non-hydrogen) atoms. The van der Waals surface area contributed by atoms with Gasteiger partial charge in [0.2, 0.25) is 0 Å². The third-order valence-corrected chi connectivity index (χ3v) is 6.36. The second-order valence-electron chi connectivity index (χ2n) is 8.78. The Bertz CT molecular complexity index is 608. The number of rotatable bonds is 4. The zero-order valence-corrected chi connectivity index (χ0v) is 15.9. The second kappa shape index (κ2) is 6.48. The lowest BCUT2D eigenvalue weighted by Gasteiger charge is -2.57. The SMILES string of the molecule is CCc1cc(N2C[C@@H](C)O[C@@H](C)C2)ccc1NC1CC2(CC(N)C2)C1. The third-order valence-electron chi connectivity index (χ3n) is 6.36. The maximum Gasteiger partial charge on any atom is 0.0726 e. The first-order valence-corrected chi connectivity index (χ1v) is 10.0. The molecular formula is C21H33N3O. The van der Waals surface area contributed by atoms with Gasteiger partial charge < -0.3 is 20.7 Å². The molecule has 1 heterocycles. The quantitative estimate of drug-likeness (QED) is 0.878. The van der Waals surface area contributed by atoms with Crippen molar-refractivity contribution in [2.75, 3.05) is 23.3 Å². The minimum absolute atomic E-state index is 0.298. The van der Waals surface area contributed by atoms with Gasteiger partial charge in [0.1, 0.15) is 0 Å². The van der Waals surface area contributed by atoms with Gasteiger partial charge in [-0.05, 0) is 75.1 Å². The van der Waals surface area contributed by atoms with Crippen molar-refractivity contribution >= 4 is 11.4 Å². The van der Waals surface area contributed by atoms with Crippen LogP contribution in [0.4, 0.5) is 11.4 Å². The summed E-state index contributed by atoms with van der Waals surface area (Å²) in [5.74, 6) is 0. The number of nitrogens with one attached hydrogen (secondary N) is 1. The Kier molecular flexibility index (Phi) is 4.45. The Balaban J connectivity index is 1.42. The molecule has 2 atom stereocenters. The number of anilines is 2. The third kappa shape index (κ3) is 3.39. The lowest BCUT2D eigenvalue weighted by molar-refractivity contribution is -0.00522. The van der Waals surface area contributed by atoms with Gasteiger partial charge in [0.25, 0.3) is 0 Å². The largest absolute Gasteiger partial charge is 0.382 e. The predicted molar refractivity (Wildman–Crippen MR) is 104 cm³/mol. The van der Waals surface area contributed by atoms with E-state index >= 15 is 0 Å². The summed E-state index contributed by atoms with van der Waals surface area (Å²) in [6, 6.07) is 8.04. The summed E-state index contributed by atoms with van der Waals surface area (Å²) >= 11 is 0. The molecule has 3 N–H and O–H groups in total. The van der Waals surface area contributed by atoms with Gasteiger partial charge in [-0.2, -0.15) is 0 Å². The molecule has 2 saturated carbocycles. The van der Waals surface area contributed by atoms with E-state index in [1.807, 2.05) is 0 Å². The molecule has 4 rings (SSSR count). The summed E-state index contributed by atoms with van der Waals surface area (Å²) in [7, 11) is 0. The van der Waals surface area contributed by atoms with Crippen LogP contribution < -0.4 is 16.0 Å². The molecule has 0 unspecified atom stereocenters. The molecule has 0 radical (unpaired) electrons. The number of morpholine rings is 1. The summed E-state index contributed by atoms with van der Waals surface area (Å²) in [5.41, 5.74) is 10.6. The standard InChI is InChI=1S/C21H33N3O/c1-4-16-7-19(24-12-14(2)25-15(3)13-24)5-6-20(16)23-18-10-21(11-18)8-17(22)9-21/h5-7,14-15,17-18,23H,4,8-13,22H2,1-3H3/t14-,15+,17?,18?,21?. The maximum absolute atomic E-state index is 5.98. The van der Waals surface area contributed by atoms with Crippen molar-refractivity contribution in [2.24, 2.45) is 11.1 Å². The van der Waals surface area contributed by atoms with Crippen LogP contribution in [0.2, 0.25) is 0 Å². The van der Waals surface area contributed by atoms with Crippen LogP contribution in [0.3, 0.4) is 0 Å². The van der Waals surface area contributed by atoms with Crippen LogP contribution in [0.25, 0.3) is 0 Å². The fourth-order valence-corrected chi connectivity index (χ4v) is 5.29. The Labute approximate surface area is 152 Å². The van der Waals surface area contributed by atoms with Gasteiger partial charge >= 0.3 is 0 Å². The Morgan fingerprint density at radius 2 is 1.84 bits per heavy atom. The zero-order valence-electron chi connectivity index (χ0n) is 15.9. The normalized spacial score (nSPS) is 37.5. The molecule has 3 aliphatic rings. The number of hydrogen-bond donors (Lipinski definition) is 2. The predicted octanol–water partition coefficient (Wildman–Crippen LogP) is 3.54. The molecule has 3 fully saturated rings. The first-order chi connectivity index (χ1) is 12.0. The lowest BCUT2D eigenvalue weighted by Crippen LogP contribution is -2.57. The Hall–Kier alpha value is -1.26. The van der Waals surface area contributed by atoms with Crippen molar-refractivity contribution < 1.29 is 4.74 Å². The summed E-state index contributed by atoms with van der Waals surface area (Å²) in [4.78, 5) is 2.47. The van der Waals surface area contributed by atoms with Crippen molar-refractivity contribution in [1.82, 2.24) is 0 Å². The molecule has 1 saturated heterocycles. The van der Waals surface area contributed by atoms with E-state index in [1.54, 1.807) is 0 Å². The van der Waals surface area contributed by atoms with Crippen molar-refractivity contribution in [2.45, 2.75) is 77.2 Å². The maximum atomic E-state index is 5.98. The number of nitrogens with two attached hydrogens (primary N) is 1. The number of benzene rings is 1. The highest BCUT2D eigenvalue weighted by Gasteiger charge is 2.51. The molecular weight excluding hydrogens is 310 g/mol. The Morgan fingerprint density at radius 1 is 1.16 bits per heavy atom. The smallest absolute Gasteiger partial charge is 0.0726 e. The van der Waals surface area contributed by atoms with Crippen LogP contribution >= 0.6 is 0 Å². The van der Waals surface area contributed by atoms with E-state index in [0.717, 1.165) is 19.5 Å². The second-order valence-corrected chi connectivity index (χ2v) is 8.78. The molecule has 1 spiro atoms. The minimum atomic E-state index is 0.298. The van der Waals surface area contributed by atoms with Crippen molar-refractivity contribution in [1.29, 1.82) is 0 Å². The monoisotopic (exact) mass is 343 g/mol. The molecule has 0 amide bonds. The van der Waals surface area contributed by atoms with Gasteiger partial charge in [-0.25, -0.2) is 0 Å². The summed E-state index contributed by atoms with van der Waals surface area (Å²) in [6.07, 6.45) is 6.72. The van der Waals surface area contributed by atoms with Gasteiger partial charge in [0, 0.05) is 36.5 Å². The van der Waals surface area contributed by atoms with Crippen LogP contribution in [0.5, 0.6) is 0 Å². The fraction of sp³-hybridized carbons (Fsp3) is 0.714. The van der Waals surface area contributed by atoms with E-state index in [1.165, 1.54) is 42.6 Å². The van der Waals surface area contributed by atoms with Crippen molar-refractivity contribution in [3.05, 3.63) is 23.8 Å².